The monoisotopic (exact) mass is 437 g/mol. The van der Waals surface area contributed by atoms with Gasteiger partial charge in [0, 0.05) is 26.2 Å². The van der Waals surface area contributed by atoms with Crippen LogP contribution in [0.2, 0.25) is 0 Å². The number of rotatable bonds is 4. The van der Waals surface area contributed by atoms with Crippen molar-refractivity contribution >= 4 is 23.8 Å². The lowest BCUT2D eigenvalue weighted by Gasteiger charge is -2.40. The Balaban J connectivity index is 1.61. The molecule has 0 aliphatic carbocycles. The van der Waals surface area contributed by atoms with Crippen molar-refractivity contribution in [3.8, 4) is 0 Å². The van der Waals surface area contributed by atoms with Gasteiger partial charge in [0.25, 0.3) is 5.91 Å². The smallest absolute Gasteiger partial charge is 0.409 e. The summed E-state index contributed by atoms with van der Waals surface area (Å²) in [5, 5.41) is 4.02. The zero-order chi connectivity index (χ0) is 21.4. The predicted molar refractivity (Wildman–Crippen MR) is 104 cm³/mol. The van der Waals surface area contributed by atoms with Gasteiger partial charge < -0.3 is 9.64 Å². The topological polar surface area (TPSA) is 80.6 Å². The highest BCUT2D eigenvalue weighted by molar-refractivity contribution is 8.00. The van der Waals surface area contributed by atoms with Crippen LogP contribution in [0.1, 0.15) is 29.1 Å². The number of carbonyl (C=O) groups excluding carboxylic acids is 2. The number of halogens is 2. The molecule has 8 nitrogen and oxygen atoms in total. The number of amides is 1. The largest absolute Gasteiger partial charge is 0.450 e. The molecular formula is C19H21F2N5O3S. The molecule has 1 amide bonds. The Morgan fingerprint density at radius 1 is 1.27 bits per heavy atom. The highest BCUT2D eigenvalue weighted by Crippen LogP contribution is 2.41. The molecule has 1 aromatic heterocycles. The second-order valence-electron chi connectivity index (χ2n) is 7.07. The van der Waals surface area contributed by atoms with Gasteiger partial charge in [0.2, 0.25) is 0 Å². The van der Waals surface area contributed by atoms with E-state index in [1.807, 2.05) is 4.90 Å². The summed E-state index contributed by atoms with van der Waals surface area (Å²) in [4.78, 5) is 32.9. The number of fused-ring (bicyclic) bond motifs is 1. The van der Waals surface area contributed by atoms with Gasteiger partial charge in [-0.15, -0.1) is 5.10 Å². The third kappa shape index (κ3) is 3.79. The highest BCUT2D eigenvalue weighted by atomic mass is 32.2. The lowest BCUT2D eigenvalue weighted by Crippen LogP contribution is -2.52. The molecular weight excluding hydrogens is 416 g/mol. The molecule has 1 fully saturated rings. The minimum atomic E-state index is -0.968. The van der Waals surface area contributed by atoms with Gasteiger partial charge >= 0.3 is 6.09 Å². The van der Waals surface area contributed by atoms with E-state index in [9.17, 15) is 18.4 Å². The predicted octanol–water partition coefficient (Wildman–Crippen LogP) is 2.49. The number of piperazine rings is 1. The molecule has 1 aromatic carbocycles. The standard InChI is InChI=1S/C19H21F2N5O3S/c1-3-29-19(28)25-8-6-24(7-9-25)15(12-4-5-13(20)14(21)10-12)16-17(27)26-18(30-16)22-11(2)23-26/h4-5,10,15-16H,3,6-9H2,1-2H3. The van der Waals surface area contributed by atoms with Crippen molar-refractivity contribution < 1.29 is 23.1 Å². The number of ether oxygens (including phenoxy) is 1. The second-order valence-corrected chi connectivity index (χ2v) is 8.18. The minimum absolute atomic E-state index is 0.252. The summed E-state index contributed by atoms with van der Waals surface area (Å²) in [6.07, 6.45) is -0.382. The Hall–Kier alpha value is -2.53. The van der Waals surface area contributed by atoms with E-state index in [2.05, 4.69) is 10.1 Å². The molecule has 1 saturated heterocycles. The minimum Gasteiger partial charge on any atom is -0.450 e. The molecule has 11 heteroatoms. The zero-order valence-electron chi connectivity index (χ0n) is 16.5. The number of aromatic nitrogens is 3. The van der Waals surface area contributed by atoms with E-state index in [0.29, 0.717) is 49.3 Å². The Morgan fingerprint density at radius 3 is 2.63 bits per heavy atom. The van der Waals surface area contributed by atoms with Crippen molar-refractivity contribution in [3.05, 3.63) is 41.2 Å². The van der Waals surface area contributed by atoms with Crippen molar-refractivity contribution in [1.82, 2.24) is 24.6 Å². The van der Waals surface area contributed by atoms with E-state index in [4.69, 9.17) is 4.74 Å². The molecule has 0 radical (unpaired) electrons. The fourth-order valence-electron chi connectivity index (χ4n) is 3.77. The van der Waals surface area contributed by atoms with Gasteiger partial charge in [-0.3, -0.25) is 9.69 Å². The Labute approximate surface area is 176 Å². The maximum Gasteiger partial charge on any atom is 0.409 e. The van der Waals surface area contributed by atoms with Crippen LogP contribution in [0.4, 0.5) is 13.6 Å². The Bertz CT molecular complexity index is 977. The lowest BCUT2D eigenvalue weighted by molar-refractivity contribution is 0.0600. The summed E-state index contributed by atoms with van der Waals surface area (Å²) in [6.45, 7) is 5.48. The molecule has 2 aromatic rings. The van der Waals surface area contributed by atoms with Crippen LogP contribution in [-0.4, -0.2) is 74.6 Å². The summed E-state index contributed by atoms with van der Waals surface area (Å²) in [5.74, 6) is -1.67. The summed E-state index contributed by atoms with van der Waals surface area (Å²) < 4.78 is 33.9. The van der Waals surface area contributed by atoms with Crippen LogP contribution in [0.5, 0.6) is 0 Å². The van der Waals surface area contributed by atoms with Crippen LogP contribution < -0.4 is 0 Å². The van der Waals surface area contributed by atoms with Gasteiger partial charge in [-0.2, -0.15) is 4.68 Å². The van der Waals surface area contributed by atoms with Crippen LogP contribution in [0.3, 0.4) is 0 Å². The average molecular weight is 437 g/mol. The van der Waals surface area contributed by atoms with Gasteiger partial charge in [0.1, 0.15) is 11.1 Å². The SMILES string of the molecule is CCOC(=O)N1CCN(C(c2ccc(F)c(F)c2)C2Sc3nc(C)nn3C2=O)CC1. The Morgan fingerprint density at radius 2 is 2.00 bits per heavy atom. The molecule has 30 heavy (non-hydrogen) atoms. The van der Waals surface area contributed by atoms with Crippen LogP contribution in [0, 0.1) is 18.6 Å². The van der Waals surface area contributed by atoms with Gasteiger partial charge in [0.15, 0.2) is 16.8 Å². The molecule has 0 spiro atoms. The third-order valence-corrected chi connectivity index (χ3v) is 6.36. The zero-order valence-corrected chi connectivity index (χ0v) is 17.4. The van der Waals surface area contributed by atoms with Gasteiger partial charge in [-0.05, 0) is 31.5 Å². The number of nitrogens with zero attached hydrogens (tertiary/aromatic N) is 5. The molecule has 0 bridgehead atoms. The van der Waals surface area contributed by atoms with Crippen LogP contribution >= 0.6 is 11.8 Å². The fourth-order valence-corrected chi connectivity index (χ4v) is 5.07. The van der Waals surface area contributed by atoms with Gasteiger partial charge in [-0.25, -0.2) is 18.6 Å². The summed E-state index contributed by atoms with van der Waals surface area (Å²) in [6, 6.07) is 3.17. The number of aryl methyl sites for hydroxylation is 1. The third-order valence-electron chi connectivity index (χ3n) is 5.17. The molecule has 2 atom stereocenters. The number of hydrogen-bond acceptors (Lipinski definition) is 7. The maximum absolute atomic E-state index is 14.0. The van der Waals surface area contributed by atoms with E-state index in [0.717, 1.165) is 12.1 Å². The molecule has 0 saturated carbocycles. The first kappa shape index (κ1) is 20.7. The molecule has 160 valence electrons. The first-order chi connectivity index (χ1) is 14.4. The molecule has 0 N–H and O–H groups in total. The van der Waals surface area contributed by atoms with Crippen molar-refractivity contribution in [3.63, 3.8) is 0 Å². The summed E-state index contributed by atoms with van der Waals surface area (Å²) in [5.41, 5.74) is 0.492. The van der Waals surface area contributed by atoms with Crippen LogP contribution in [0.15, 0.2) is 23.4 Å². The second kappa shape index (κ2) is 8.31. The van der Waals surface area contributed by atoms with Crippen molar-refractivity contribution in [2.45, 2.75) is 30.3 Å². The summed E-state index contributed by atoms with van der Waals surface area (Å²) >= 11 is 1.26. The van der Waals surface area contributed by atoms with E-state index in [-0.39, 0.29) is 12.0 Å². The molecule has 4 rings (SSSR count). The fraction of sp³-hybridized carbons (Fsp3) is 0.474. The van der Waals surface area contributed by atoms with Crippen molar-refractivity contribution in [1.29, 1.82) is 0 Å². The molecule has 3 heterocycles. The van der Waals surface area contributed by atoms with Crippen molar-refractivity contribution in [2.75, 3.05) is 32.8 Å². The molecule has 2 unspecified atom stereocenters. The molecule has 2 aliphatic rings. The van der Waals surface area contributed by atoms with Crippen molar-refractivity contribution in [2.24, 2.45) is 0 Å². The normalized spacial score (nSPS) is 20.3. The van der Waals surface area contributed by atoms with Gasteiger partial charge in [0.05, 0.1) is 12.6 Å². The number of benzene rings is 1. The number of carbonyl (C=O) groups is 2. The quantitative estimate of drug-likeness (QED) is 0.727. The van der Waals surface area contributed by atoms with Crippen LogP contribution in [-0.2, 0) is 4.74 Å². The Kier molecular flexibility index (Phi) is 5.74. The maximum atomic E-state index is 14.0. The van der Waals surface area contributed by atoms with Crippen LogP contribution in [0.25, 0.3) is 0 Å². The first-order valence-corrected chi connectivity index (χ1v) is 10.5. The van der Waals surface area contributed by atoms with E-state index < -0.39 is 22.9 Å². The molecule has 2 aliphatic heterocycles. The summed E-state index contributed by atoms with van der Waals surface area (Å²) in [7, 11) is 0. The highest BCUT2D eigenvalue weighted by Gasteiger charge is 2.44. The number of thioether (sulfide) groups is 1. The first-order valence-electron chi connectivity index (χ1n) is 9.64. The van der Waals surface area contributed by atoms with Gasteiger partial charge in [-0.1, -0.05) is 17.8 Å². The van der Waals surface area contributed by atoms with E-state index in [1.54, 1.807) is 18.7 Å². The van der Waals surface area contributed by atoms with E-state index >= 15 is 0 Å². The average Bonchev–Trinajstić information content (AvgIpc) is 3.23. The lowest BCUT2D eigenvalue weighted by atomic mass is 9.99. The van der Waals surface area contributed by atoms with E-state index in [1.165, 1.54) is 22.5 Å². The number of hydrogen-bond donors (Lipinski definition) is 0.